The number of hydrogen-bond acceptors (Lipinski definition) is 6. The molecule has 1 atom stereocenters. The Bertz CT molecular complexity index is 1010. The zero-order chi connectivity index (χ0) is 41.5. The van der Waals surface area contributed by atoms with Gasteiger partial charge >= 0.3 is 17.9 Å². The van der Waals surface area contributed by atoms with Crippen LogP contribution < -0.4 is 0 Å². The lowest BCUT2D eigenvalue weighted by Gasteiger charge is -2.18. The zero-order valence-electron chi connectivity index (χ0n) is 37.6. The molecule has 6 nitrogen and oxygen atoms in total. The highest BCUT2D eigenvalue weighted by molar-refractivity contribution is 5.71. The fraction of sp³-hybridized carbons (Fsp3) is 0.784. The summed E-state index contributed by atoms with van der Waals surface area (Å²) in [5.41, 5.74) is 0. The molecule has 0 saturated carbocycles. The third-order valence-electron chi connectivity index (χ3n) is 10.3. The molecule has 1 unspecified atom stereocenters. The van der Waals surface area contributed by atoms with Crippen LogP contribution in [0.25, 0.3) is 0 Å². The third kappa shape index (κ3) is 44.3. The van der Waals surface area contributed by atoms with E-state index in [1.54, 1.807) is 0 Å². The number of allylic oxidation sites excluding steroid dienone is 8. The Balaban J connectivity index is 4.49. The highest BCUT2D eigenvalue weighted by atomic mass is 16.6. The fourth-order valence-corrected chi connectivity index (χ4v) is 6.60. The molecule has 0 aromatic carbocycles. The van der Waals surface area contributed by atoms with E-state index in [9.17, 15) is 14.4 Å². The molecule has 0 heterocycles. The van der Waals surface area contributed by atoms with Gasteiger partial charge in [0.05, 0.1) is 0 Å². The van der Waals surface area contributed by atoms with E-state index in [0.717, 1.165) is 77.0 Å². The molecule has 0 radical (unpaired) electrons. The molecule has 0 amide bonds. The van der Waals surface area contributed by atoms with Gasteiger partial charge in [0.1, 0.15) is 13.2 Å². The van der Waals surface area contributed by atoms with Crippen molar-refractivity contribution in [1.29, 1.82) is 0 Å². The second kappa shape index (κ2) is 46.1. The number of hydrogen-bond donors (Lipinski definition) is 0. The van der Waals surface area contributed by atoms with E-state index in [4.69, 9.17) is 14.2 Å². The molecular weight excluding hydrogens is 709 g/mol. The van der Waals surface area contributed by atoms with E-state index >= 15 is 0 Å². The summed E-state index contributed by atoms with van der Waals surface area (Å²) in [6.45, 7) is 6.53. The standard InChI is InChI=1S/C51H90O6/c1-4-7-10-13-16-19-22-25-28-31-34-37-40-43-49(52)55-46-48(57-51(54)45-42-39-36-33-30-27-24-21-18-15-12-9-6-3)47-56-50(53)44-41-38-35-32-29-26-23-20-17-14-11-8-5-2/h25-30,34,37,48H,4-24,31-33,35-36,38-47H2,1-3H3/b28-25+,29-26+,30-27+,37-34+. The average molecular weight is 799 g/mol. The predicted molar refractivity (Wildman–Crippen MR) is 242 cm³/mol. The van der Waals surface area contributed by atoms with Crippen LogP contribution in [-0.4, -0.2) is 37.2 Å². The Morgan fingerprint density at radius 1 is 0.351 bits per heavy atom. The van der Waals surface area contributed by atoms with Crippen molar-refractivity contribution in [3.8, 4) is 0 Å². The minimum atomic E-state index is -0.806. The third-order valence-corrected chi connectivity index (χ3v) is 10.3. The van der Waals surface area contributed by atoms with Crippen LogP contribution >= 0.6 is 0 Å². The monoisotopic (exact) mass is 799 g/mol. The normalized spacial score (nSPS) is 12.4. The first-order valence-electron chi connectivity index (χ1n) is 24.1. The summed E-state index contributed by atoms with van der Waals surface area (Å²) in [6, 6.07) is 0. The summed E-state index contributed by atoms with van der Waals surface area (Å²) < 4.78 is 16.6. The quantitative estimate of drug-likeness (QED) is 0.0265. The smallest absolute Gasteiger partial charge is 0.306 e. The lowest BCUT2D eigenvalue weighted by Crippen LogP contribution is -2.30. The van der Waals surface area contributed by atoms with Gasteiger partial charge in [-0.1, -0.05) is 179 Å². The lowest BCUT2D eigenvalue weighted by molar-refractivity contribution is -0.166. The summed E-state index contributed by atoms with van der Waals surface area (Å²) in [5, 5.41) is 0. The Kier molecular flexibility index (Phi) is 43.9. The highest BCUT2D eigenvalue weighted by Crippen LogP contribution is 2.13. The fourth-order valence-electron chi connectivity index (χ4n) is 6.60. The van der Waals surface area contributed by atoms with E-state index in [-0.39, 0.29) is 37.5 Å². The minimum Gasteiger partial charge on any atom is -0.462 e. The van der Waals surface area contributed by atoms with Crippen LogP contribution in [-0.2, 0) is 28.6 Å². The second-order valence-corrected chi connectivity index (χ2v) is 16.0. The van der Waals surface area contributed by atoms with Crippen molar-refractivity contribution in [2.45, 2.75) is 245 Å². The maximum Gasteiger partial charge on any atom is 0.306 e. The summed E-state index contributed by atoms with van der Waals surface area (Å²) in [7, 11) is 0. The van der Waals surface area contributed by atoms with E-state index in [0.29, 0.717) is 19.3 Å². The van der Waals surface area contributed by atoms with Gasteiger partial charge in [-0.3, -0.25) is 14.4 Å². The molecule has 0 rings (SSSR count). The molecule has 0 aromatic rings. The largest absolute Gasteiger partial charge is 0.462 e. The summed E-state index contributed by atoms with van der Waals surface area (Å²) >= 11 is 0. The maximum atomic E-state index is 12.7. The Morgan fingerprint density at radius 3 is 1.09 bits per heavy atom. The molecule has 0 N–H and O–H groups in total. The van der Waals surface area contributed by atoms with E-state index in [2.05, 4.69) is 63.3 Å². The van der Waals surface area contributed by atoms with Crippen molar-refractivity contribution in [3.05, 3.63) is 48.6 Å². The molecule has 330 valence electrons. The van der Waals surface area contributed by atoms with Gasteiger partial charge in [0.25, 0.3) is 0 Å². The second-order valence-electron chi connectivity index (χ2n) is 16.0. The summed E-state index contributed by atoms with van der Waals surface area (Å²) in [6.07, 6.45) is 53.9. The first-order valence-corrected chi connectivity index (χ1v) is 24.1. The Hall–Kier alpha value is -2.63. The van der Waals surface area contributed by atoms with Gasteiger partial charge in [-0.05, 0) is 89.9 Å². The molecule has 0 aliphatic heterocycles. The van der Waals surface area contributed by atoms with Gasteiger partial charge in [0.2, 0.25) is 0 Å². The zero-order valence-corrected chi connectivity index (χ0v) is 37.6. The molecule has 6 heteroatoms. The van der Waals surface area contributed by atoms with Crippen molar-refractivity contribution in [2.24, 2.45) is 0 Å². The number of rotatable bonds is 43. The van der Waals surface area contributed by atoms with Crippen LogP contribution in [0.1, 0.15) is 239 Å². The number of unbranched alkanes of at least 4 members (excludes halogenated alkanes) is 24. The van der Waals surface area contributed by atoms with Crippen molar-refractivity contribution in [3.63, 3.8) is 0 Å². The van der Waals surface area contributed by atoms with Crippen molar-refractivity contribution in [2.75, 3.05) is 13.2 Å². The molecule has 0 saturated heterocycles. The van der Waals surface area contributed by atoms with E-state index < -0.39 is 6.10 Å². The van der Waals surface area contributed by atoms with Crippen LogP contribution in [0.3, 0.4) is 0 Å². The van der Waals surface area contributed by atoms with Gasteiger partial charge < -0.3 is 14.2 Å². The van der Waals surface area contributed by atoms with Gasteiger partial charge in [-0.25, -0.2) is 0 Å². The minimum absolute atomic E-state index is 0.104. The van der Waals surface area contributed by atoms with Crippen LogP contribution in [0.2, 0.25) is 0 Å². The predicted octanol–water partition coefficient (Wildman–Crippen LogP) is 15.5. The Morgan fingerprint density at radius 2 is 0.667 bits per heavy atom. The number of carbonyl (C=O) groups is 3. The molecule has 0 aliphatic rings. The molecule has 0 fully saturated rings. The van der Waals surface area contributed by atoms with Gasteiger partial charge in [0, 0.05) is 19.3 Å². The SMILES string of the molecule is CCCCCCCC/C=C/C/C=C/CCC(=O)OCC(COC(=O)CCCCC/C=C/CCCCCCCC)OC(=O)CCCCC/C=C/CCCCCCCC. The van der Waals surface area contributed by atoms with Crippen LogP contribution in [0.4, 0.5) is 0 Å². The molecule has 57 heavy (non-hydrogen) atoms. The molecular formula is C51H90O6. The van der Waals surface area contributed by atoms with Crippen LogP contribution in [0, 0.1) is 0 Å². The molecule has 0 aliphatic carbocycles. The first kappa shape index (κ1) is 54.4. The number of esters is 3. The highest BCUT2D eigenvalue weighted by Gasteiger charge is 2.19. The number of carbonyl (C=O) groups excluding carboxylic acids is 3. The van der Waals surface area contributed by atoms with Crippen molar-refractivity contribution in [1.82, 2.24) is 0 Å². The van der Waals surface area contributed by atoms with E-state index in [1.807, 2.05) is 6.08 Å². The molecule has 0 bridgehead atoms. The van der Waals surface area contributed by atoms with Crippen LogP contribution in [0.5, 0.6) is 0 Å². The topological polar surface area (TPSA) is 78.9 Å². The number of ether oxygens (including phenoxy) is 3. The van der Waals surface area contributed by atoms with Gasteiger partial charge in [-0.15, -0.1) is 0 Å². The summed E-state index contributed by atoms with van der Waals surface area (Å²) in [5.74, 6) is -1.00. The molecule has 0 aromatic heterocycles. The maximum absolute atomic E-state index is 12.7. The van der Waals surface area contributed by atoms with Crippen molar-refractivity contribution < 1.29 is 28.6 Å². The van der Waals surface area contributed by atoms with Gasteiger partial charge in [0.15, 0.2) is 6.10 Å². The lowest BCUT2D eigenvalue weighted by atomic mass is 10.1. The van der Waals surface area contributed by atoms with Crippen LogP contribution in [0.15, 0.2) is 48.6 Å². The van der Waals surface area contributed by atoms with Crippen molar-refractivity contribution >= 4 is 17.9 Å². The molecule has 0 spiro atoms. The average Bonchev–Trinajstić information content (AvgIpc) is 3.21. The van der Waals surface area contributed by atoms with E-state index in [1.165, 1.54) is 116 Å². The summed E-state index contributed by atoms with van der Waals surface area (Å²) in [4.78, 5) is 37.8. The van der Waals surface area contributed by atoms with Gasteiger partial charge in [-0.2, -0.15) is 0 Å². The first-order chi connectivity index (χ1) is 28.0. The Labute approximate surface area is 352 Å².